The van der Waals surface area contributed by atoms with Crippen LogP contribution in [0.4, 0.5) is 14.5 Å². The van der Waals surface area contributed by atoms with Crippen LogP contribution >= 0.6 is 0 Å². The van der Waals surface area contributed by atoms with Gasteiger partial charge >= 0.3 is 0 Å². The number of aldehydes is 1. The Morgan fingerprint density at radius 3 is 2.86 bits per heavy atom. The molecule has 0 saturated heterocycles. The molecule has 146 valence electrons. The van der Waals surface area contributed by atoms with Crippen molar-refractivity contribution < 1.29 is 18.4 Å². The summed E-state index contributed by atoms with van der Waals surface area (Å²) in [4.78, 5) is 37.9. The maximum atomic E-state index is 13.9. The summed E-state index contributed by atoms with van der Waals surface area (Å²) < 4.78 is 28.0. The average Bonchev–Trinajstić information content (AvgIpc) is 2.69. The number of aromatic nitrogens is 3. The number of carbonyl (C=O) groups excluding carboxylic acids is 1. The molecule has 0 atom stereocenters. The van der Waals surface area contributed by atoms with Gasteiger partial charge in [-0.2, -0.15) is 0 Å². The maximum absolute atomic E-state index is 13.9. The lowest BCUT2D eigenvalue weighted by Gasteiger charge is -2.16. The number of halogens is 2. The molecule has 9 heteroatoms. The highest BCUT2D eigenvalue weighted by Gasteiger charge is 2.19. The van der Waals surface area contributed by atoms with Crippen molar-refractivity contribution in [3.05, 3.63) is 63.8 Å². The zero-order valence-corrected chi connectivity index (χ0v) is 15.1. The van der Waals surface area contributed by atoms with Gasteiger partial charge in [0.05, 0.1) is 11.1 Å². The van der Waals surface area contributed by atoms with Gasteiger partial charge < -0.3 is 10.2 Å². The smallest absolute Gasteiger partial charge is 0.297 e. The van der Waals surface area contributed by atoms with Crippen molar-refractivity contribution in [2.75, 3.05) is 11.9 Å². The molecule has 7 nitrogen and oxygen atoms in total. The van der Waals surface area contributed by atoms with Crippen molar-refractivity contribution in [2.45, 2.75) is 26.3 Å². The van der Waals surface area contributed by atoms with E-state index >= 15 is 0 Å². The summed E-state index contributed by atoms with van der Waals surface area (Å²) in [5, 5.41) is 3.24. The summed E-state index contributed by atoms with van der Waals surface area (Å²) in [7, 11) is 0. The first-order chi connectivity index (χ1) is 13.6. The predicted molar refractivity (Wildman–Crippen MR) is 99.2 cm³/mol. The second-order valence-corrected chi connectivity index (χ2v) is 6.04. The molecule has 2 heterocycles. The molecule has 0 unspecified atom stereocenters. The molecule has 0 aliphatic carbocycles. The molecule has 0 saturated carbocycles. The number of fused-ring (bicyclic) bond motifs is 1. The third-order valence-corrected chi connectivity index (χ3v) is 4.14. The van der Waals surface area contributed by atoms with Gasteiger partial charge in [0.25, 0.3) is 5.56 Å². The minimum atomic E-state index is -0.739. The van der Waals surface area contributed by atoms with Crippen molar-refractivity contribution in [3.63, 3.8) is 0 Å². The Kier molecular flexibility index (Phi) is 5.93. The third-order valence-electron chi connectivity index (χ3n) is 4.14. The monoisotopic (exact) mass is 388 g/mol. The van der Waals surface area contributed by atoms with Crippen molar-refractivity contribution in [3.8, 4) is 0 Å². The number of benzene rings is 1. The van der Waals surface area contributed by atoms with Gasteiger partial charge in [-0.1, -0.05) is 19.4 Å². The minimum absolute atomic E-state index is 0.0723. The van der Waals surface area contributed by atoms with E-state index in [4.69, 9.17) is 4.84 Å². The number of nitrogens with zero attached hydrogens (tertiary/aromatic N) is 3. The summed E-state index contributed by atoms with van der Waals surface area (Å²) in [6.45, 7) is 2.18. The van der Waals surface area contributed by atoms with Crippen LogP contribution in [-0.4, -0.2) is 27.6 Å². The summed E-state index contributed by atoms with van der Waals surface area (Å²) >= 11 is 0. The lowest BCUT2D eigenvalue weighted by atomic mass is 10.1. The summed E-state index contributed by atoms with van der Waals surface area (Å²) in [5.74, 6) is -1.43. The first-order valence-corrected chi connectivity index (χ1v) is 8.71. The zero-order valence-electron chi connectivity index (χ0n) is 15.1. The van der Waals surface area contributed by atoms with Crippen LogP contribution in [0.25, 0.3) is 11.0 Å². The van der Waals surface area contributed by atoms with Gasteiger partial charge in [-0.05, 0) is 12.5 Å². The first-order valence-electron chi connectivity index (χ1n) is 8.71. The quantitative estimate of drug-likeness (QED) is 0.472. The molecule has 0 amide bonds. The lowest BCUT2D eigenvalue weighted by molar-refractivity contribution is 0.104. The molecule has 28 heavy (non-hydrogen) atoms. The highest BCUT2D eigenvalue weighted by atomic mass is 19.1. The summed E-state index contributed by atoms with van der Waals surface area (Å²) in [6.07, 6.45) is 4.67. The van der Waals surface area contributed by atoms with Crippen LogP contribution in [0.1, 0.15) is 35.7 Å². The molecule has 0 aliphatic rings. The SMILES string of the molecule is CCCCOn1c(=O)c(C=O)c(NCc2ccc(F)cc2F)c2cncnc21. The van der Waals surface area contributed by atoms with Gasteiger partial charge in [0, 0.05) is 24.4 Å². The van der Waals surface area contributed by atoms with Crippen LogP contribution in [0.2, 0.25) is 0 Å². The molecular formula is C19H18F2N4O3. The van der Waals surface area contributed by atoms with Crippen LogP contribution in [0.15, 0.2) is 35.5 Å². The standard InChI is InChI=1S/C19H18F2N4O3/c1-2-3-6-28-25-18-14(9-22-11-24-18)17(15(10-26)19(25)27)23-8-12-4-5-13(20)7-16(12)21/h4-5,7,9-11,23H,2-3,6,8H2,1H3. The van der Waals surface area contributed by atoms with Crippen LogP contribution in [0.3, 0.4) is 0 Å². The minimum Gasteiger partial charge on any atom is -0.409 e. The number of hydrogen-bond acceptors (Lipinski definition) is 6. The van der Waals surface area contributed by atoms with Crippen LogP contribution < -0.4 is 15.7 Å². The topological polar surface area (TPSA) is 86.1 Å². The van der Waals surface area contributed by atoms with Gasteiger partial charge in [-0.3, -0.25) is 9.59 Å². The molecule has 0 aliphatic heterocycles. The summed E-state index contributed by atoms with van der Waals surface area (Å²) in [6, 6.07) is 3.17. The first kappa shape index (κ1) is 19.4. The number of hydrogen-bond donors (Lipinski definition) is 1. The highest BCUT2D eigenvalue weighted by Crippen LogP contribution is 2.23. The number of anilines is 1. The van der Waals surface area contributed by atoms with E-state index in [1.165, 1.54) is 18.6 Å². The van der Waals surface area contributed by atoms with Crippen molar-refractivity contribution in [1.29, 1.82) is 0 Å². The Morgan fingerprint density at radius 1 is 1.32 bits per heavy atom. The maximum Gasteiger partial charge on any atom is 0.297 e. The molecular weight excluding hydrogens is 370 g/mol. The van der Waals surface area contributed by atoms with Gasteiger partial charge in [-0.15, -0.1) is 4.73 Å². The number of unbranched alkanes of at least 4 members (excludes halogenated alkanes) is 1. The van der Waals surface area contributed by atoms with Crippen LogP contribution in [0.5, 0.6) is 0 Å². The molecule has 2 aromatic heterocycles. The van der Waals surface area contributed by atoms with Gasteiger partial charge in [0.1, 0.15) is 30.1 Å². The Labute approximate surface area is 159 Å². The van der Waals surface area contributed by atoms with E-state index in [2.05, 4.69) is 15.3 Å². The van der Waals surface area contributed by atoms with E-state index in [1.807, 2.05) is 6.92 Å². The molecule has 0 bridgehead atoms. The van der Waals surface area contributed by atoms with E-state index in [0.29, 0.717) is 11.7 Å². The molecule has 0 radical (unpaired) electrons. The summed E-state index contributed by atoms with van der Waals surface area (Å²) in [5.41, 5.74) is -0.356. The normalized spacial score (nSPS) is 10.8. The van der Waals surface area contributed by atoms with Gasteiger partial charge in [0.2, 0.25) is 0 Å². The highest BCUT2D eigenvalue weighted by molar-refractivity contribution is 5.98. The van der Waals surface area contributed by atoms with Gasteiger partial charge in [-0.25, -0.2) is 18.7 Å². The van der Waals surface area contributed by atoms with E-state index in [9.17, 15) is 18.4 Å². The fourth-order valence-electron chi connectivity index (χ4n) is 2.69. The Balaban J connectivity index is 2.05. The largest absolute Gasteiger partial charge is 0.409 e. The molecule has 0 fully saturated rings. The molecule has 1 N–H and O–H groups in total. The van der Waals surface area contributed by atoms with E-state index < -0.39 is 17.2 Å². The number of rotatable bonds is 8. The lowest BCUT2D eigenvalue weighted by Crippen LogP contribution is -2.32. The zero-order chi connectivity index (χ0) is 20.1. The van der Waals surface area contributed by atoms with E-state index in [0.717, 1.165) is 29.7 Å². The fraction of sp³-hybridized carbons (Fsp3) is 0.263. The third kappa shape index (κ3) is 3.83. The second-order valence-electron chi connectivity index (χ2n) is 6.04. The van der Waals surface area contributed by atoms with Crippen molar-refractivity contribution in [2.24, 2.45) is 0 Å². The Hall–Kier alpha value is -3.36. The number of pyridine rings is 1. The Morgan fingerprint density at radius 2 is 2.14 bits per heavy atom. The van der Waals surface area contributed by atoms with Crippen molar-refractivity contribution in [1.82, 2.24) is 14.7 Å². The van der Waals surface area contributed by atoms with E-state index in [-0.39, 0.29) is 35.6 Å². The second kappa shape index (κ2) is 8.55. The number of nitrogens with one attached hydrogen (secondary N) is 1. The average molecular weight is 388 g/mol. The van der Waals surface area contributed by atoms with Crippen LogP contribution in [0, 0.1) is 11.6 Å². The Bertz CT molecular complexity index is 1070. The van der Waals surface area contributed by atoms with Gasteiger partial charge in [0.15, 0.2) is 11.9 Å². The number of carbonyl (C=O) groups is 1. The molecule has 1 aromatic carbocycles. The van der Waals surface area contributed by atoms with Crippen molar-refractivity contribution >= 4 is 23.0 Å². The van der Waals surface area contributed by atoms with E-state index in [1.54, 1.807) is 0 Å². The van der Waals surface area contributed by atoms with Crippen LogP contribution in [-0.2, 0) is 6.54 Å². The predicted octanol–water partition coefficient (Wildman–Crippen LogP) is 2.72. The fourth-order valence-corrected chi connectivity index (χ4v) is 2.69. The molecule has 3 rings (SSSR count). The molecule has 0 spiro atoms. The molecule has 3 aromatic rings.